The molecule has 0 atom stereocenters. The summed E-state index contributed by atoms with van der Waals surface area (Å²) >= 11 is 1.64. The van der Waals surface area contributed by atoms with Crippen LogP contribution in [0.4, 0.5) is 16.6 Å². The largest absolute Gasteiger partial charge is 0.378 e. The van der Waals surface area contributed by atoms with Crippen molar-refractivity contribution in [1.29, 1.82) is 0 Å². The highest BCUT2D eigenvalue weighted by Crippen LogP contribution is 2.38. The summed E-state index contributed by atoms with van der Waals surface area (Å²) in [4.78, 5) is 16.6. The molecular formula is C22H19N7OS. The number of aromatic nitrogens is 5. The number of morpholine rings is 1. The number of hydrogen-bond acceptors (Lipinski definition) is 8. The van der Waals surface area contributed by atoms with Gasteiger partial charge in [0.25, 0.3) is 0 Å². The van der Waals surface area contributed by atoms with E-state index in [0.717, 1.165) is 56.4 Å². The third kappa shape index (κ3) is 3.37. The molecule has 6 rings (SSSR count). The fraction of sp³-hybridized carbons (Fsp3) is 0.182. The Bertz CT molecular complexity index is 1360. The average molecular weight is 430 g/mol. The van der Waals surface area contributed by atoms with Crippen LogP contribution in [0.3, 0.4) is 0 Å². The Labute approximate surface area is 181 Å². The predicted molar refractivity (Wildman–Crippen MR) is 123 cm³/mol. The molecule has 4 aromatic heterocycles. The molecule has 154 valence electrons. The second-order valence-electron chi connectivity index (χ2n) is 7.27. The molecule has 1 saturated heterocycles. The number of aromatic amines is 1. The maximum atomic E-state index is 5.56. The molecule has 2 N–H and O–H groups in total. The minimum Gasteiger partial charge on any atom is -0.378 e. The van der Waals surface area contributed by atoms with Gasteiger partial charge in [-0.3, -0.25) is 5.10 Å². The lowest BCUT2D eigenvalue weighted by molar-refractivity contribution is 0.122. The summed E-state index contributed by atoms with van der Waals surface area (Å²) in [6.07, 6.45) is 3.60. The molecule has 0 saturated carbocycles. The Morgan fingerprint density at radius 1 is 1.06 bits per heavy atom. The fourth-order valence-electron chi connectivity index (χ4n) is 3.81. The van der Waals surface area contributed by atoms with Crippen LogP contribution in [-0.4, -0.2) is 51.5 Å². The van der Waals surface area contributed by atoms with E-state index in [2.05, 4.69) is 31.5 Å². The molecule has 1 aliphatic rings. The van der Waals surface area contributed by atoms with E-state index in [1.54, 1.807) is 17.5 Å². The molecule has 5 heterocycles. The van der Waals surface area contributed by atoms with Crippen molar-refractivity contribution in [2.45, 2.75) is 0 Å². The molecule has 0 aliphatic carbocycles. The Balaban J connectivity index is 1.51. The van der Waals surface area contributed by atoms with Gasteiger partial charge in [-0.05, 0) is 24.3 Å². The summed E-state index contributed by atoms with van der Waals surface area (Å²) in [5.41, 5.74) is 2.85. The summed E-state index contributed by atoms with van der Waals surface area (Å²) in [5.74, 6) is 2.45. The molecule has 0 spiro atoms. The molecule has 31 heavy (non-hydrogen) atoms. The van der Waals surface area contributed by atoms with Gasteiger partial charge in [0, 0.05) is 30.2 Å². The van der Waals surface area contributed by atoms with Gasteiger partial charge in [-0.2, -0.15) is 5.10 Å². The number of anilines is 3. The molecule has 1 aromatic carbocycles. The molecule has 0 unspecified atom stereocenters. The van der Waals surface area contributed by atoms with E-state index in [4.69, 9.17) is 14.7 Å². The summed E-state index contributed by atoms with van der Waals surface area (Å²) in [7, 11) is 0. The molecule has 5 aromatic rings. The highest BCUT2D eigenvalue weighted by molar-refractivity contribution is 7.23. The standard InChI is InChI=1S/C22H19N7OS/c1-2-7-23-18(6-1)26-19-12-17-20(31-19)22(29-8-10-30-11-9-29)27-21(25-17)14-4-3-5-16-15(14)13-24-28-16/h1-7,12-13H,8-11H2,(H,23,26)(H,24,28). The highest BCUT2D eigenvalue weighted by atomic mass is 32.1. The van der Waals surface area contributed by atoms with Crippen molar-refractivity contribution < 1.29 is 4.74 Å². The number of nitrogens with one attached hydrogen (secondary N) is 2. The lowest BCUT2D eigenvalue weighted by Crippen LogP contribution is -2.36. The molecule has 9 heteroatoms. The van der Waals surface area contributed by atoms with E-state index >= 15 is 0 Å². The second kappa shape index (κ2) is 7.60. The second-order valence-corrected chi connectivity index (χ2v) is 8.32. The van der Waals surface area contributed by atoms with Crippen LogP contribution in [0.2, 0.25) is 0 Å². The SMILES string of the molecule is c1ccc(Nc2cc3nc(-c4cccc5[nH]ncc45)nc(N4CCOCC4)c3s2)nc1. The molecule has 1 aliphatic heterocycles. The zero-order valence-electron chi connectivity index (χ0n) is 16.6. The first-order chi connectivity index (χ1) is 15.3. The van der Waals surface area contributed by atoms with Gasteiger partial charge in [0.1, 0.15) is 5.82 Å². The van der Waals surface area contributed by atoms with Crippen LogP contribution in [-0.2, 0) is 4.74 Å². The van der Waals surface area contributed by atoms with Crippen molar-refractivity contribution in [2.24, 2.45) is 0 Å². The Morgan fingerprint density at radius 2 is 2.00 bits per heavy atom. The normalized spacial score (nSPS) is 14.4. The average Bonchev–Trinajstić information content (AvgIpc) is 3.46. The van der Waals surface area contributed by atoms with Gasteiger partial charge in [0.05, 0.1) is 40.1 Å². The van der Waals surface area contributed by atoms with Crippen LogP contribution in [0.1, 0.15) is 0 Å². The van der Waals surface area contributed by atoms with Gasteiger partial charge in [-0.25, -0.2) is 15.0 Å². The molecule has 0 amide bonds. The first kappa shape index (κ1) is 18.2. The number of fused-ring (bicyclic) bond motifs is 2. The minimum absolute atomic E-state index is 0.697. The Hall–Kier alpha value is -3.56. The van der Waals surface area contributed by atoms with Gasteiger partial charge >= 0.3 is 0 Å². The van der Waals surface area contributed by atoms with Gasteiger partial charge in [-0.1, -0.05) is 18.2 Å². The molecular weight excluding hydrogens is 410 g/mol. The fourth-order valence-corrected chi connectivity index (χ4v) is 4.83. The predicted octanol–water partition coefficient (Wildman–Crippen LogP) is 4.21. The maximum absolute atomic E-state index is 5.56. The Morgan fingerprint density at radius 3 is 2.87 bits per heavy atom. The lowest BCUT2D eigenvalue weighted by Gasteiger charge is -2.28. The van der Waals surface area contributed by atoms with Gasteiger partial charge in [-0.15, -0.1) is 11.3 Å². The van der Waals surface area contributed by atoms with Crippen LogP contribution < -0.4 is 10.2 Å². The molecule has 8 nitrogen and oxygen atoms in total. The van der Waals surface area contributed by atoms with Crippen LogP contribution >= 0.6 is 11.3 Å². The highest BCUT2D eigenvalue weighted by Gasteiger charge is 2.21. The van der Waals surface area contributed by atoms with Gasteiger partial charge in [0.15, 0.2) is 11.6 Å². The van der Waals surface area contributed by atoms with Crippen LogP contribution in [0.5, 0.6) is 0 Å². The number of H-pyrrole nitrogens is 1. The van der Waals surface area contributed by atoms with Crippen LogP contribution in [0.15, 0.2) is 54.9 Å². The van der Waals surface area contributed by atoms with Crippen molar-refractivity contribution in [3.63, 3.8) is 0 Å². The topological polar surface area (TPSA) is 91.9 Å². The molecule has 0 bridgehead atoms. The summed E-state index contributed by atoms with van der Waals surface area (Å²) < 4.78 is 6.62. The third-order valence-electron chi connectivity index (χ3n) is 5.31. The molecule has 1 fully saturated rings. The van der Waals surface area contributed by atoms with Crippen molar-refractivity contribution in [3.8, 4) is 11.4 Å². The van der Waals surface area contributed by atoms with Crippen molar-refractivity contribution in [3.05, 3.63) is 54.9 Å². The number of ether oxygens (including phenoxy) is 1. The van der Waals surface area contributed by atoms with Crippen LogP contribution in [0.25, 0.3) is 32.5 Å². The van der Waals surface area contributed by atoms with Crippen molar-refractivity contribution in [2.75, 3.05) is 36.5 Å². The quantitative estimate of drug-likeness (QED) is 0.442. The number of benzene rings is 1. The van der Waals surface area contributed by atoms with Gasteiger partial charge < -0.3 is 15.0 Å². The lowest BCUT2D eigenvalue weighted by atomic mass is 10.1. The summed E-state index contributed by atoms with van der Waals surface area (Å²) in [5, 5.41) is 12.6. The number of hydrogen-bond donors (Lipinski definition) is 2. The van der Waals surface area contributed by atoms with E-state index in [0.29, 0.717) is 19.0 Å². The number of thiophene rings is 1. The number of rotatable bonds is 4. The third-order valence-corrected chi connectivity index (χ3v) is 6.34. The van der Waals surface area contributed by atoms with E-state index in [1.807, 2.05) is 42.6 Å². The smallest absolute Gasteiger partial charge is 0.162 e. The zero-order chi connectivity index (χ0) is 20.6. The van der Waals surface area contributed by atoms with Crippen molar-refractivity contribution >= 4 is 49.1 Å². The van der Waals surface area contributed by atoms with Gasteiger partial charge in [0.2, 0.25) is 0 Å². The first-order valence-corrected chi connectivity index (χ1v) is 10.9. The molecule has 0 radical (unpaired) electrons. The van der Waals surface area contributed by atoms with E-state index in [1.165, 1.54) is 0 Å². The van der Waals surface area contributed by atoms with E-state index in [9.17, 15) is 0 Å². The van der Waals surface area contributed by atoms with Crippen LogP contribution in [0, 0.1) is 0 Å². The first-order valence-electron chi connectivity index (χ1n) is 10.1. The van der Waals surface area contributed by atoms with E-state index < -0.39 is 0 Å². The van der Waals surface area contributed by atoms with Crippen molar-refractivity contribution in [1.82, 2.24) is 25.1 Å². The number of nitrogens with zero attached hydrogens (tertiary/aromatic N) is 5. The summed E-state index contributed by atoms with van der Waals surface area (Å²) in [6, 6.07) is 13.9. The van der Waals surface area contributed by atoms with E-state index in [-0.39, 0.29) is 0 Å². The summed E-state index contributed by atoms with van der Waals surface area (Å²) in [6.45, 7) is 3.01. The monoisotopic (exact) mass is 429 g/mol. The minimum atomic E-state index is 0.697. The number of pyridine rings is 1. The zero-order valence-corrected chi connectivity index (χ0v) is 17.4. The Kier molecular flexibility index (Phi) is 4.47. The maximum Gasteiger partial charge on any atom is 0.162 e.